The van der Waals surface area contributed by atoms with Crippen LogP contribution in [0, 0.1) is 0 Å². The third-order valence-corrected chi connectivity index (χ3v) is 4.24. The first-order valence-electron chi connectivity index (χ1n) is 8.82. The molecule has 3 heteroatoms. The molecule has 0 bridgehead atoms. The summed E-state index contributed by atoms with van der Waals surface area (Å²) in [4.78, 5) is 12.1. The van der Waals surface area contributed by atoms with Crippen molar-refractivity contribution in [2.45, 2.75) is 31.6 Å². The Balaban J connectivity index is 1.89. The summed E-state index contributed by atoms with van der Waals surface area (Å²) >= 11 is 0. The van der Waals surface area contributed by atoms with Gasteiger partial charge in [-0.2, -0.15) is 0 Å². The Kier molecular flexibility index (Phi) is 8.05. The van der Waals surface area contributed by atoms with Crippen molar-refractivity contribution in [3.63, 3.8) is 0 Å². The van der Waals surface area contributed by atoms with Crippen LogP contribution in [0.5, 0.6) is 0 Å². The van der Waals surface area contributed by atoms with Gasteiger partial charge in [-0.1, -0.05) is 67.1 Å². The molecule has 2 aromatic rings. The Bertz CT molecular complexity index is 544. The molecule has 2 N–H and O–H groups in total. The van der Waals surface area contributed by atoms with Crippen LogP contribution >= 0.6 is 0 Å². The highest BCUT2D eigenvalue weighted by Gasteiger charge is 2.14. The highest BCUT2D eigenvalue weighted by Crippen LogP contribution is 2.23. The Labute approximate surface area is 145 Å². The summed E-state index contributed by atoms with van der Waals surface area (Å²) in [6, 6.07) is 20.8. The number of rotatable bonds is 10. The molecule has 0 aliphatic carbocycles. The van der Waals surface area contributed by atoms with Crippen LogP contribution in [0.4, 0.5) is 0 Å². The van der Waals surface area contributed by atoms with Gasteiger partial charge in [0.15, 0.2) is 0 Å². The first-order chi connectivity index (χ1) is 11.8. The van der Waals surface area contributed by atoms with Gasteiger partial charge in [-0.25, -0.2) is 0 Å². The van der Waals surface area contributed by atoms with Crippen molar-refractivity contribution >= 4 is 5.91 Å². The Morgan fingerprint density at radius 1 is 0.875 bits per heavy atom. The third kappa shape index (κ3) is 6.17. The van der Waals surface area contributed by atoms with E-state index in [4.69, 9.17) is 0 Å². The monoisotopic (exact) mass is 324 g/mol. The smallest absolute Gasteiger partial charge is 0.220 e. The van der Waals surface area contributed by atoms with Crippen molar-refractivity contribution in [2.24, 2.45) is 0 Å². The molecule has 3 nitrogen and oxygen atoms in total. The summed E-state index contributed by atoms with van der Waals surface area (Å²) in [7, 11) is 1.96. The van der Waals surface area contributed by atoms with Gasteiger partial charge in [0, 0.05) is 18.9 Å². The molecular weight excluding hydrogens is 296 g/mol. The summed E-state index contributed by atoms with van der Waals surface area (Å²) in [5.74, 6) is 0.344. The van der Waals surface area contributed by atoms with E-state index in [2.05, 4.69) is 59.2 Å². The van der Waals surface area contributed by atoms with Gasteiger partial charge in [-0.15, -0.1) is 0 Å². The number of hydrogen-bond acceptors (Lipinski definition) is 2. The lowest BCUT2D eigenvalue weighted by atomic mass is 9.91. The predicted octanol–water partition coefficient (Wildman–Crippen LogP) is 3.71. The molecule has 0 unspecified atom stereocenters. The number of benzene rings is 2. The molecule has 0 spiro atoms. The molecule has 0 aromatic heterocycles. The van der Waals surface area contributed by atoms with Gasteiger partial charge in [0.05, 0.1) is 0 Å². The summed E-state index contributed by atoms with van der Waals surface area (Å²) in [6.07, 6.45) is 3.78. The molecule has 0 fully saturated rings. The van der Waals surface area contributed by atoms with Crippen molar-refractivity contribution in [1.82, 2.24) is 10.6 Å². The number of hydrogen-bond donors (Lipinski definition) is 2. The quantitative estimate of drug-likeness (QED) is 0.654. The van der Waals surface area contributed by atoms with Gasteiger partial charge < -0.3 is 10.6 Å². The Morgan fingerprint density at radius 2 is 1.46 bits per heavy atom. The van der Waals surface area contributed by atoms with E-state index >= 15 is 0 Å². The van der Waals surface area contributed by atoms with Gasteiger partial charge in [-0.3, -0.25) is 4.79 Å². The van der Waals surface area contributed by atoms with Crippen LogP contribution in [0.25, 0.3) is 0 Å². The molecule has 0 aliphatic heterocycles. The van der Waals surface area contributed by atoms with Crippen molar-refractivity contribution in [2.75, 3.05) is 20.1 Å². The minimum Gasteiger partial charge on any atom is -0.355 e. The molecule has 2 rings (SSSR count). The highest BCUT2D eigenvalue weighted by molar-refractivity contribution is 5.75. The van der Waals surface area contributed by atoms with E-state index in [9.17, 15) is 4.79 Å². The molecular formula is C21H28N2O. The minimum absolute atomic E-state index is 0.149. The van der Waals surface area contributed by atoms with E-state index in [0.29, 0.717) is 13.0 Å². The van der Waals surface area contributed by atoms with Gasteiger partial charge in [0.1, 0.15) is 0 Å². The molecule has 2 aromatic carbocycles. The van der Waals surface area contributed by atoms with E-state index < -0.39 is 0 Å². The zero-order valence-corrected chi connectivity index (χ0v) is 14.5. The molecule has 0 atom stereocenters. The van der Waals surface area contributed by atoms with E-state index in [1.54, 1.807) is 0 Å². The SMILES string of the molecule is CNCCCCCC(=O)NCC(c1ccccc1)c1ccccc1. The standard InChI is InChI=1S/C21H28N2O/c1-22-16-10-4-9-15-21(24)23-17-20(18-11-5-2-6-12-18)19-13-7-3-8-14-19/h2-3,5-8,11-14,20,22H,4,9-10,15-17H2,1H3,(H,23,24). The summed E-state index contributed by atoms with van der Waals surface area (Å²) in [5.41, 5.74) is 2.47. The second kappa shape index (κ2) is 10.6. The number of carbonyl (C=O) groups excluding carboxylic acids is 1. The minimum atomic E-state index is 0.149. The predicted molar refractivity (Wildman–Crippen MR) is 100 cm³/mol. The first kappa shape index (κ1) is 18.2. The van der Waals surface area contributed by atoms with Crippen LogP contribution in [0.15, 0.2) is 60.7 Å². The van der Waals surface area contributed by atoms with Crippen molar-refractivity contribution in [3.05, 3.63) is 71.8 Å². The number of amides is 1. The molecule has 0 aliphatic rings. The Hall–Kier alpha value is -2.13. The average molecular weight is 324 g/mol. The second-order valence-corrected chi connectivity index (χ2v) is 6.09. The van der Waals surface area contributed by atoms with Gasteiger partial charge in [0.25, 0.3) is 0 Å². The second-order valence-electron chi connectivity index (χ2n) is 6.09. The lowest BCUT2D eigenvalue weighted by Gasteiger charge is -2.19. The molecule has 0 saturated carbocycles. The average Bonchev–Trinajstić information content (AvgIpc) is 2.63. The zero-order valence-electron chi connectivity index (χ0n) is 14.5. The Morgan fingerprint density at radius 3 is 2.00 bits per heavy atom. The molecule has 0 radical (unpaired) electrons. The van der Waals surface area contributed by atoms with E-state index in [1.165, 1.54) is 11.1 Å². The normalized spacial score (nSPS) is 10.8. The van der Waals surface area contributed by atoms with Crippen molar-refractivity contribution in [3.8, 4) is 0 Å². The third-order valence-electron chi connectivity index (χ3n) is 4.24. The lowest BCUT2D eigenvalue weighted by Crippen LogP contribution is -2.28. The van der Waals surface area contributed by atoms with Crippen LogP contribution in [0.2, 0.25) is 0 Å². The van der Waals surface area contributed by atoms with Gasteiger partial charge in [0.2, 0.25) is 5.91 Å². The van der Waals surface area contributed by atoms with Crippen LogP contribution < -0.4 is 10.6 Å². The molecule has 24 heavy (non-hydrogen) atoms. The van der Waals surface area contributed by atoms with Gasteiger partial charge >= 0.3 is 0 Å². The van der Waals surface area contributed by atoms with Crippen molar-refractivity contribution < 1.29 is 4.79 Å². The van der Waals surface area contributed by atoms with Crippen LogP contribution in [-0.4, -0.2) is 26.0 Å². The molecule has 1 amide bonds. The fourth-order valence-corrected chi connectivity index (χ4v) is 2.87. The maximum absolute atomic E-state index is 12.1. The van der Waals surface area contributed by atoms with Crippen LogP contribution in [0.3, 0.4) is 0 Å². The zero-order chi connectivity index (χ0) is 17.0. The van der Waals surface area contributed by atoms with Crippen molar-refractivity contribution in [1.29, 1.82) is 0 Å². The first-order valence-corrected chi connectivity index (χ1v) is 8.82. The fraction of sp³-hybridized carbons (Fsp3) is 0.381. The number of nitrogens with one attached hydrogen (secondary N) is 2. The topological polar surface area (TPSA) is 41.1 Å². The summed E-state index contributed by atoms with van der Waals surface area (Å²) in [5, 5.41) is 6.25. The maximum Gasteiger partial charge on any atom is 0.220 e. The fourth-order valence-electron chi connectivity index (χ4n) is 2.87. The van der Waals surface area contributed by atoms with Crippen LogP contribution in [-0.2, 0) is 4.79 Å². The van der Waals surface area contributed by atoms with E-state index in [1.807, 2.05) is 19.2 Å². The lowest BCUT2D eigenvalue weighted by molar-refractivity contribution is -0.121. The summed E-state index contributed by atoms with van der Waals surface area (Å²) in [6.45, 7) is 1.66. The van der Waals surface area contributed by atoms with E-state index in [-0.39, 0.29) is 11.8 Å². The number of carbonyl (C=O) groups is 1. The maximum atomic E-state index is 12.1. The highest BCUT2D eigenvalue weighted by atomic mass is 16.1. The number of unbranched alkanes of at least 4 members (excludes halogenated alkanes) is 2. The van der Waals surface area contributed by atoms with Gasteiger partial charge in [-0.05, 0) is 37.6 Å². The molecule has 0 heterocycles. The van der Waals surface area contributed by atoms with Crippen LogP contribution in [0.1, 0.15) is 42.7 Å². The molecule has 0 saturated heterocycles. The molecule has 128 valence electrons. The summed E-state index contributed by atoms with van der Waals surface area (Å²) < 4.78 is 0. The van der Waals surface area contributed by atoms with E-state index in [0.717, 1.165) is 25.8 Å². The largest absolute Gasteiger partial charge is 0.355 e.